The second-order valence-corrected chi connectivity index (χ2v) is 6.84. The first-order chi connectivity index (χ1) is 14.4. The number of carbonyl (C=O) groups is 2. The molecule has 0 radical (unpaired) electrons. The molecule has 0 saturated heterocycles. The number of esters is 1. The minimum absolute atomic E-state index is 0.321. The topological polar surface area (TPSA) is 46.6 Å². The Balaban J connectivity index is 1.75. The Morgan fingerprint density at radius 3 is 1.90 bits per heavy atom. The van der Waals surface area contributed by atoms with E-state index >= 15 is 0 Å². The molecule has 0 aliphatic carbocycles. The van der Waals surface area contributed by atoms with Gasteiger partial charge < -0.3 is 9.64 Å². The number of benzene rings is 3. The van der Waals surface area contributed by atoms with Gasteiger partial charge >= 0.3 is 5.97 Å². The molecule has 1 amide bonds. The number of carbonyl (C=O) groups excluding carboxylic acids is 2. The Morgan fingerprint density at radius 1 is 0.867 bits per heavy atom. The second kappa shape index (κ2) is 9.78. The molecule has 3 aromatic carbocycles. The number of ether oxygens (including phenoxy) is 1. The van der Waals surface area contributed by atoms with E-state index in [0.29, 0.717) is 19.2 Å². The van der Waals surface area contributed by atoms with Crippen LogP contribution in [0.3, 0.4) is 0 Å². The normalized spacial score (nSPS) is 11.6. The van der Waals surface area contributed by atoms with Crippen molar-refractivity contribution >= 4 is 11.9 Å². The van der Waals surface area contributed by atoms with E-state index in [0.717, 1.165) is 23.3 Å². The van der Waals surface area contributed by atoms with Crippen molar-refractivity contribution in [1.29, 1.82) is 0 Å². The van der Waals surface area contributed by atoms with E-state index in [1.165, 1.54) is 6.92 Å². The maximum atomic E-state index is 13.8. The molecular formula is C24H21F2NO3. The average molecular weight is 409 g/mol. The zero-order valence-corrected chi connectivity index (χ0v) is 16.4. The quantitative estimate of drug-likeness (QED) is 0.530. The number of nitrogens with zero attached hydrogens (tertiary/aromatic N) is 1. The van der Waals surface area contributed by atoms with Crippen LogP contribution in [-0.4, -0.2) is 22.9 Å². The molecule has 0 aromatic heterocycles. The first kappa shape index (κ1) is 21.2. The average Bonchev–Trinajstić information content (AvgIpc) is 2.74. The number of rotatable bonds is 7. The molecule has 4 nitrogen and oxygen atoms in total. The van der Waals surface area contributed by atoms with Crippen LogP contribution in [0, 0.1) is 11.6 Å². The third kappa shape index (κ3) is 5.50. The summed E-state index contributed by atoms with van der Waals surface area (Å²) >= 11 is 0. The van der Waals surface area contributed by atoms with Gasteiger partial charge in [0.15, 0.2) is 6.10 Å². The summed E-state index contributed by atoms with van der Waals surface area (Å²) in [5.41, 5.74) is 1.42. The summed E-state index contributed by atoms with van der Waals surface area (Å²) in [6.45, 7) is 2.08. The van der Waals surface area contributed by atoms with Crippen molar-refractivity contribution in [3.63, 3.8) is 0 Å². The van der Waals surface area contributed by atoms with Gasteiger partial charge in [0.1, 0.15) is 11.6 Å². The van der Waals surface area contributed by atoms with E-state index in [2.05, 4.69) is 0 Å². The fourth-order valence-corrected chi connectivity index (χ4v) is 3.01. The molecule has 154 valence electrons. The summed E-state index contributed by atoms with van der Waals surface area (Å²) in [7, 11) is 0. The van der Waals surface area contributed by atoms with Crippen LogP contribution in [0.5, 0.6) is 0 Å². The highest BCUT2D eigenvalue weighted by Gasteiger charge is 2.26. The molecule has 0 aliphatic rings. The molecule has 6 heteroatoms. The van der Waals surface area contributed by atoms with Crippen LogP contribution >= 0.6 is 0 Å². The highest BCUT2D eigenvalue weighted by Crippen LogP contribution is 2.15. The number of hydrogen-bond donors (Lipinski definition) is 0. The van der Waals surface area contributed by atoms with Gasteiger partial charge in [-0.3, -0.25) is 4.79 Å². The van der Waals surface area contributed by atoms with Crippen molar-refractivity contribution in [3.05, 3.63) is 107 Å². The molecular weight excluding hydrogens is 388 g/mol. The Morgan fingerprint density at radius 2 is 1.40 bits per heavy atom. The Bertz CT molecular complexity index is 968. The van der Waals surface area contributed by atoms with Crippen molar-refractivity contribution in [2.75, 3.05) is 0 Å². The van der Waals surface area contributed by atoms with Crippen molar-refractivity contribution in [1.82, 2.24) is 4.90 Å². The van der Waals surface area contributed by atoms with Crippen LogP contribution in [0.2, 0.25) is 0 Å². The van der Waals surface area contributed by atoms with Crippen LogP contribution in [0.4, 0.5) is 8.78 Å². The van der Waals surface area contributed by atoms with Crippen LogP contribution in [0.1, 0.15) is 28.4 Å². The standard InChI is InChI=1S/C24H21F2NO3/c1-17(30-24(29)21-13-12-20(25)14-22(21)26)23(28)27(15-18-8-4-2-5-9-18)16-19-10-6-3-7-11-19/h2-14,17H,15-16H2,1H3/t17-/m0/s1. The molecule has 3 aromatic rings. The van der Waals surface area contributed by atoms with Gasteiger partial charge in [0.05, 0.1) is 5.56 Å². The van der Waals surface area contributed by atoms with Gasteiger partial charge in [-0.2, -0.15) is 0 Å². The maximum absolute atomic E-state index is 13.8. The van der Waals surface area contributed by atoms with E-state index in [9.17, 15) is 18.4 Å². The van der Waals surface area contributed by atoms with E-state index < -0.39 is 35.2 Å². The van der Waals surface area contributed by atoms with Gasteiger partial charge in [0.25, 0.3) is 5.91 Å². The van der Waals surface area contributed by atoms with Gasteiger partial charge in [-0.15, -0.1) is 0 Å². The van der Waals surface area contributed by atoms with E-state index in [-0.39, 0.29) is 0 Å². The number of halogens is 2. The SMILES string of the molecule is C[C@H](OC(=O)c1ccc(F)cc1F)C(=O)N(Cc1ccccc1)Cc1ccccc1. The first-order valence-corrected chi connectivity index (χ1v) is 9.46. The van der Waals surface area contributed by atoms with Crippen LogP contribution in [-0.2, 0) is 22.6 Å². The third-order valence-electron chi connectivity index (χ3n) is 4.53. The smallest absolute Gasteiger partial charge is 0.341 e. The summed E-state index contributed by atoms with van der Waals surface area (Å²) in [4.78, 5) is 26.9. The summed E-state index contributed by atoms with van der Waals surface area (Å²) < 4.78 is 32.1. The second-order valence-electron chi connectivity index (χ2n) is 6.84. The molecule has 0 heterocycles. The van der Waals surface area contributed by atoms with Crippen molar-refractivity contribution < 1.29 is 23.1 Å². The van der Waals surface area contributed by atoms with E-state index in [4.69, 9.17) is 4.74 Å². The van der Waals surface area contributed by atoms with Crippen molar-refractivity contribution in [3.8, 4) is 0 Å². The molecule has 1 atom stereocenters. The third-order valence-corrected chi connectivity index (χ3v) is 4.53. The monoisotopic (exact) mass is 409 g/mol. The van der Waals surface area contributed by atoms with Crippen LogP contribution in [0.15, 0.2) is 78.9 Å². The molecule has 0 fully saturated rings. The lowest BCUT2D eigenvalue weighted by Gasteiger charge is -2.26. The molecule has 0 saturated carbocycles. The maximum Gasteiger partial charge on any atom is 0.341 e. The lowest BCUT2D eigenvalue weighted by molar-refractivity contribution is -0.141. The summed E-state index contributed by atoms with van der Waals surface area (Å²) in [5.74, 6) is -3.28. The van der Waals surface area contributed by atoms with E-state index in [1.807, 2.05) is 60.7 Å². The van der Waals surface area contributed by atoms with Crippen LogP contribution in [0.25, 0.3) is 0 Å². The first-order valence-electron chi connectivity index (χ1n) is 9.46. The largest absolute Gasteiger partial charge is 0.449 e. The van der Waals surface area contributed by atoms with E-state index in [1.54, 1.807) is 4.90 Å². The highest BCUT2D eigenvalue weighted by molar-refractivity contribution is 5.92. The Labute approximate surface area is 173 Å². The van der Waals surface area contributed by atoms with Gasteiger partial charge in [-0.05, 0) is 30.2 Å². The predicted molar refractivity (Wildman–Crippen MR) is 108 cm³/mol. The molecule has 0 bridgehead atoms. The fourth-order valence-electron chi connectivity index (χ4n) is 3.01. The minimum atomic E-state index is -1.14. The van der Waals surface area contributed by atoms with Gasteiger partial charge in [0.2, 0.25) is 0 Å². The molecule has 0 N–H and O–H groups in total. The predicted octanol–water partition coefficient (Wildman–Crippen LogP) is 4.74. The lowest BCUT2D eigenvalue weighted by atomic mass is 10.1. The Hall–Kier alpha value is -3.54. The minimum Gasteiger partial charge on any atom is -0.449 e. The highest BCUT2D eigenvalue weighted by atomic mass is 19.1. The lowest BCUT2D eigenvalue weighted by Crippen LogP contribution is -2.39. The molecule has 3 rings (SSSR count). The summed E-state index contributed by atoms with van der Waals surface area (Å²) in [6.07, 6.45) is -1.14. The number of hydrogen-bond acceptors (Lipinski definition) is 3. The summed E-state index contributed by atoms with van der Waals surface area (Å²) in [6, 6.07) is 21.4. The van der Waals surface area contributed by atoms with Gasteiger partial charge in [-0.1, -0.05) is 60.7 Å². The number of amides is 1. The van der Waals surface area contributed by atoms with Gasteiger partial charge in [-0.25, -0.2) is 13.6 Å². The summed E-state index contributed by atoms with van der Waals surface area (Å²) in [5, 5.41) is 0. The van der Waals surface area contributed by atoms with Crippen LogP contribution < -0.4 is 0 Å². The molecule has 0 spiro atoms. The molecule has 0 unspecified atom stereocenters. The fraction of sp³-hybridized carbons (Fsp3) is 0.167. The van der Waals surface area contributed by atoms with Crippen molar-refractivity contribution in [2.24, 2.45) is 0 Å². The van der Waals surface area contributed by atoms with Crippen molar-refractivity contribution in [2.45, 2.75) is 26.1 Å². The van der Waals surface area contributed by atoms with Gasteiger partial charge in [0, 0.05) is 19.2 Å². The Kier molecular flexibility index (Phi) is 6.91. The molecule has 0 aliphatic heterocycles. The zero-order chi connectivity index (χ0) is 21.5. The zero-order valence-electron chi connectivity index (χ0n) is 16.4. The molecule has 30 heavy (non-hydrogen) atoms.